The first kappa shape index (κ1) is 25.7. The van der Waals surface area contributed by atoms with Gasteiger partial charge in [-0.3, -0.25) is 4.99 Å². The standard InChI is InChI=1S/C29H41N3/c1-18(2)24-13-11-14-25(19(3)4)28(24)30-22(9)17-23(10)31-32-29-26(20(5)6)15-12-16-27(29)21(7)8/h11-21H,1-10H3/b23-17+,30-22?,32-31?. The Labute approximate surface area is 195 Å². The zero-order valence-electron chi connectivity index (χ0n) is 21.7. The van der Waals surface area contributed by atoms with E-state index in [-0.39, 0.29) is 0 Å². The van der Waals surface area contributed by atoms with Gasteiger partial charge in [0.1, 0.15) is 0 Å². The molecule has 0 N–H and O–H groups in total. The molecule has 0 aromatic heterocycles. The molecule has 0 aliphatic rings. The number of benzene rings is 2. The van der Waals surface area contributed by atoms with E-state index >= 15 is 0 Å². The average molecular weight is 432 g/mol. The number of rotatable bonds is 8. The summed E-state index contributed by atoms with van der Waals surface area (Å²) < 4.78 is 0. The van der Waals surface area contributed by atoms with Crippen molar-refractivity contribution >= 4 is 17.1 Å². The molecule has 32 heavy (non-hydrogen) atoms. The predicted molar refractivity (Wildman–Crippen MR) is 140 cm³/mol. The van der Waals surface area contributed by atoms with Crippen LogP contribution in [0.5, 0.6) is 0 Å². The van der Waals surface area contributed by atoms with Crippen LogP contribution in [0.25, 0.3) is 0 Å². The molecule has 0 unspecified atom stereocenters. The van der Waals surface area contributed by atoms with Crippen LogP contribution in [0.15, 0.2) is 63.4 Å². The molecule has 0 amide bonds. The molecule has 0 heterocycles. The monoisotopic (exact) mass is 431 g/mol. The summed E-state index contributed by atoms with van der Waals surface area (Å²) in [6.45, 7) is 21.8. The summed E-state index contributed by atoms with van der Waals surface area (Å²) in [5.74, 6) is 1.65. The van der Waals surface area contributed by atoms with Crippen molar-refractivity contribution in [2.75, 3.05) is 0 Å². The van der Waals surface area contributed by atoms with Crippen molar-refractivity contribution in [3.8, 4) is 0 Å². The zero-order valence-corrected chi connectivity index (χ0v) is 21.7. The molecule has 0 radical (unpaired) electrons. The van der Waals surface area contributed by atoms with Crippen molar-refractivity contribution in [2.24, 2.45) is 15.2 Å². The molecule has 0 fully saturated rings. The van der Waals surface area contributed by atoms with E-state index in [9.17, 15) is 0 Å². The third-order valence-corrected chi connectivity index (χ3v) is 5.70. The van der Waals surface area contributed by atoms with Crippen LogP contribution in [0.4, 0.5) is 11.4 Å². The van der Waals surface area contributed by atoms with Gasteiger partial charge in [0, 0.05) is 5.71 Å². The average Bonchev–Trinajstić information content (AvgIpc) is 2.71. The number of nitrogens with zero attached hydrogens (tertiary/aromatic N) is 3. The van der Waals surface area contributed by atoms with Gasteiger partial charge in [-0.25, -0.2) is 0 Å². The topological polar surface area (TPSA) is 37.1 Å². The number of allylic oxidation sites excluding steroid dienone is 2. The van der Waals surface area contributed by atoms with E-state index in [1.807, 2.05) is 19.9 Å². The van der Waals surface area contributed by atoms with Crippen LogP contribution >= 0.6 is 0 Å². The van der Waals surface area contributed by atoms with E-state index in [2.05, 4.69) is 96.9 Å². The fourth-order valence-electron chi connectivity index (χ4n) is 3.94. The summed E-state index contributed by atoms with van der Waals surface area (Å²) >= 11 is 0. The van der Waals surface area contributed by atoms with Crippen molar-refractivity contribution in [3.63, 3.8) is 0 Å². The number of azo groups is 1. The highest BCUT2D eigenvalue weighted by Crippen LogP contribution is 2.36. The normalized spacial score (nSPS) is 13.4. The highest BCUT2D eigenvalue weighted by Gasteiger charge is 2.14. The van der Waals surface area contributed by atoms with Gasteiger partial charge < -0.3 is 0 Å². The first-order valence-corrected chi connectivity index (χ1v) is 11.9. The maximum atomic E-state index is 5.03. The largest absolute Gasteiger partial charge is 0.253 e. The highest BCUT2D eigenvalue weighted by molar-refractivity contribution is 5.95. The van der Waals surface area contributed by atoms with Gasteiger partial charge in [-0.05, 0) is 65.8 Å². The molecule has 0 aliphatic heterocycles. The van der Waals surface area contributed by atoms with Crippen LogP contribution in [-0.4, -0.2) is 5.71 Å². The molecule has 3 heteroatoms. The highest BCUT2D eigenvalue weighted by atomic mass is 15.1. The molecule has 2 aromatic carbocycles. The molecule has 172 valence electrons. The van der Waals surface area contributed by atoms with E-state index in [4.69, 9.17) is 10.1 Å². The van der Waals surface area contributed by atoms with Gasteiger partial charge in [-0.1, -0.05) is 91.8 Å². The predicted octanol–water partition coefficient (Wildman–Crippen LogP) is 9.96. The molecule has 2 rings (SSSR count). The Morgan fingerprint density at radius 1 is 0.625 bits per heavy atom. The minimum atomic E-state index is 0.400. The van der Waals surface area contributed by atoms with E-state index in [0.29, 0.717) is 23.7 Å². The van der Waals surface area contributed by atoms with Gasteiger partial charge in [-0.15, -0.1) is 0 Å². The van der Waals surface area contributed by atoms with Crippen molar-refractivity contribution in [1.82, 2.24) is 0 Å². The number of hydrogen-bond donors (Lipinski definition) is 0. The SMILES string of the molecule is CC(/C=C(\C)N=Nc1c(C(C)C)cccc1C(C)C)=Nc1c(C(C)C)cccc1C(C)C. The Bertz CT molecular complexity index is 953. The van der Waals surface area contributed by atoms with E-state index in [1.165, 1.54) is 22.3 Å². The molecule has 0 saturated heterocycles. The smallest absolute Gasteiger partial charge is 0.0926 e. The second kappa shape index (κ2) is 11.4. The van der Waals surface area contributed by atoms with Crippen molar-refractivity contribution < 1.29 is 0 Å². The van der Waals surface area contributed by atoms with Crippen LogP contribution in [0.2, 0.25) is 0 Å². The fraction of sp³-hybridized carbons (Fsp3) is 0.483. The lowest BCUT2D eigenvalue weighted by atomic mass is 9.93. The zero-order chi connectivity index (χ0) is 24.0. The lowest BCUT2D eigenvalue weighted by molar-refractivity contribution is 0.828. The Hall–Kier alpha value is -2.55. The van der Waals surface area contributed by atoms with Crippen molar-refractivity contribution in [1.29, 1.82) is 0 Å². The molecule has 0 spiro atoms. The molecule has 0 atom stereocenters. The van der Waals surface area contributed by atoms with Gasteiger partial charge in [0.15, 0.2) is 0 Å². The molecule has 0 aliphatic carbocycles. The first-order chi connectivity index (χ1) is 15.0. The minimum absolute atomic E-state index is 0.400. The van der Waals surface area contributed by atoms with E-state index in [0.717, 1.165) is 22.8 Å². The number of hydrogen-bond acceptors (Lipinski definition) is 3. The van der Waals surface area contributed by atoms with Crippen LogP contribution in [0, 0.1) is 0 Å². The van der Waals surface area contributed by atoms with Crippen molar-refractivity contribution in [3.05, 3.63) is 70.4 Å². The van der Waals surface area contributed by atoms with Crippen LogP contribution < -0.4 is 0 Å². The Morgan fingerprint density at radius 2 is 1.00 bits per heavy atom. The summed E-state index contributed by atoms with van der Waals surface area (Å²) in [4.78, 5) is 5.03. The third-order valence-electron chi connectivity index (χ3n) is 5.70. The number of aliphatic imine (C=N–C) groups is 1. The summed E-state index contributed by atoms with van der Waals surface area (Å²) in [6.07, 6.45) is 2.03. The Balaban J connectivity index is 2.44. The quantitative estimate of drug-likeness (QED) is 0.294. The molecule has 0 bridgehead atoms. The maximum absolute atomic E-state index is 5.03. The molecular formula is C29H41N3. The Kier molecular flexibility index (Phi) is 9.12. The molecule has 3 nitrogen and oxygen atoms in total. The summed E-state index contributed by atoms with van der Waals surface area (Å²) in [5, 5.41) is 9.28. The summed E-state index contributed by atoms with van der Waals surface area (Å²) in [5.41, 5.74) is 8.96. The summed E-state index contributed by atoms with van der Waals surface area (Å²) in [6, 6.07) is 13.0. The van der Waals surface area contributed by atoms with Gasteiger partial charge in [0.25, 0.3) is 0 Å². The van der Waals surface area contributed by atoms with Gasteiger partial charge in [-0.2, -0.15) is 10.2 Å². The maximum Gasteiger partial charge on any atom is 0.0926 e. The lowest BCUT2D eigenvalue weighted by Gasteiger charge is -2.16. The molecule has 0 saturated carbocycles. The minimum Gasteiger partial charge on any atom is -0.253 e. The van der Waals surface area contributed by atoms with Crippen LogP contribution in [0.3, 0.4) is 0 Å². The van der Waals surface area contributed by atoms with Gasteiger partial charge in [0.05, 0.1) is 17.1 Å². The van der Waals surface area contributed by atoms with Crippen molar-refractivity contribution in [2.45, 2.75) is 92.9 Å². The fourth-order valence-corrected chi connectivity index (χ4v) is 3.94. The third kappa shape index (κ3) is 6.48. The first-order valence-electron chi connectivity index (χ1n) is 11.9. The summed E-state index contributed by atoms with van der Waals surface area (Å²) in [7, 11) is 0. The Morgan fingerprint density at radius 3 is 1.38 bits per heavy atom. The van der Waals surface area contributed by atoms with E-state index < -0.39 is 0 Å². The molecular weight excluding hydrogens is 390 g/mol. The molecule has 2 aromatic rings. The second-order valence-corrected chi connectivity index (χ2v) is 9.93. The second-order valence-electron chi connectivity index (χ2n) is 9.93. The lowest BCUT2D eigenvalue weighted by Crippen LogP contribution is -1.97. The van der Waals surface area contributed by atoms with E-state index in [1.54, 1.807) is 0 Å². The number of para-hydroxylation sites is 1. The van der Waals surface area contributed by atoms with Crippen LogP contribution in [0.1, 0.15) is 115 Å². The van der Waals surface area contributed by atoms with Crippen LogP contribution in [-0.2, 0) is 0 Å². The van der Waals surface area contributed by atoms with Gasteiger partial charge >= 0.3 is 0 Å². The van der Waals surface area contributed by atoms with Gasteiger partial charge in [0.2, 0.25) is 0 Å².